The largest absolute Gasteiger partial charge is 0.465 e. The third-order valence-corrected chi connectivity index (χ3v) is 8.42. The van der Waals surface area contributed by atoms with E-state index in [1.807, 2.05) is 0 Å². The van der Waals surface area contributed by atoms with E-state index in [4.69, 9.17) is 21.1 Å². The van der Waals surface area contributed by atoms with Crippen LogP contribution in [0.1, 0.15) is 35.4 Å². The van der Waals surface area contributed by atoms with Crippen LogP contribution in [0.4, 0.5) is 23.7 Å². The quantitative estimate of drug-likeness (QED) is 0.285. The summed E-state index contributed by atoms with van der Waals surface area (Å²) in [5.41, 5.74) is 0.393. The number of nitrogens with one attached hydrogen (secondary N) is 2. The smallest absolute Gasteiger partial charge is 0.407 e. The molecule has 0 aromatic heterocycles. The van der Waals surface area contributed by atoms with E-state index in [2.05, 4.69) is 10.6 Å². The second-order valence-electron chi connectivity index (χ2n) is 11.2. The molecule has 2 amide bonds. The number of amides is 2. The molecule has 2 aliphatic heterocycles. The number of ether oxygens (including phenoxy) is 2. The van der Waals surface area contributed by atoms with Gasteiger partial charge in [0, 0.05) is 61.4 Å². The van der Waals surface area contributed by atoms with Gasteiger partial charge in [0.25, 0.3) is 0 Å². The van der Waals surface area contributed by atoms with Crippen molar-refractivity contribution in [1.29, 1.82) is 0 Å². The summed E-state index contributed by atoms with van der Waals surface area (Å²) >= 11 is 6.07. The van der Waals surface area contributed by atoms with E-state index in [-0.39, 0.29) is 29.3 Å². The Morgan fingerprint density at radius 3 is 2.50 bits per heavy atom. The molecule has 0 radical (unpaired) electrons. The van der Waals surface area contributed by atoms with Crippen molar-refractivity contribution in [2.45, 2.75) is 42.9 Å². The van der Waals surface area contributed by atoms with Gasteiger partial charge >= 0.3 is 6.09 Å². The molecule has 2 heterocycles. The molecule has 1 spiro atoms. The molecule has 5 rings (SSSR count). The second-order valence-corrected chi connectivity index (χ2v) is 11.7. The summed E-state index contributed by atoms with van der Waals surface area (Å²) in [5, 5.41) is 16.4. The van der Waals surface area contributed by atoms with Crippen molar-refractivity contribution < 1.29 is 37.3 Å². The molecular formula is C32H33ClF3N3O5. The standard InChI is InChI=1S/C32H33ClF3N3O5/c1-39(31(41)42)29(28(19-5-7-21(33)8-6-19)20-13-22(34)15-23(35)14-20)30(40)38-27-4-2-3-26(36)25(27)10-9-24-16-37-17-32(44-24)11-12-43-18-32/h2-8,13-15,24,28-29,37H,9-12,16-18H2,1H3,(H,38,40)(H,41,42)/t24-,28+,29+,32?/m1/s1. The molecule has 44 heavy (non-hydrogen) atoms. The third-order valence-electron chi connectivity index (χ3n) is 8.17. The van der Waals surface area contributed by atoms with Crippen LogP contribution in [0.15, 0.2) is 60.7 Å². The Bertz CT molecular complexity index is 1480. The number of carboxylic acid groups (broad SMARTS) is 1. The maximum Gasteiger partial charge on any atom is 0.407 e. The molecule has 2 fully saturated rings. The number of likely N-dealkylation sites (N-methyl/N-ethyl adjacent to an activating group) is 1. The molecule has 2 saturated heterocycles. The van der Waals surface area contributed by atoms with E-state index in [1.54, 1.807) is 12.1 Å². The molecule has 0 aliphatic carbocycles. The Balaban J connectivity index is 1.45. The van der Waals surface area contributed by atoms with Crippen LogP contribution < -0.4 is 10.6 Å². The monoisotopic (exact) mass is 631 g/mol. The average molecular weight is 632 g/mol. The lowest BCUT2D eigenvalue weighted by Gasteiger charge is -2.38. The van der Waals surface area contributed by atoms with Gasteiger partial charge in [-0.05, 0) is 60.4 Å². The predicted octanol–water partition coefficient (Wildman–Crippen LogP) is 5.59. The van der Waals surface area contributed by atoms with E-state index < -0.39 is 47.0 Å². The minimum absolute atomic E-state index is 0.0318. The minimum Gasteiger partial charge on any atom is -0.465 e. The predicted molar refractivity (Wildman–Crippen MR) is 158 cm³/mol. The molecule has 8 nitrogen and oxygen atoms in total. The Hall–Kier alpha value is -3.64. The van der Waals surface area contributed by atoms with Crippen molar-refractivity contribution in [2.24, 2.45) is 0 Å². The highest BCUT2D eigenvalue weighted by molar-refractivity contribution is 6.30. The first-order chi connectivity index (χ1) is 21.0. The molecular weight excluding hydrogens is 599 g/mol. The van der Waals surface area contributed by atoms with E-state index in [9.17, 15) is 23.5 Å². The molecule has 234 valence electrons. The fraction of sp³-hybridized carbons (Fsp3) is 0.375. The van der Waals surface area contributed by atoms with Gasteiger partial charge in [0.15, 0.2) is 0 Å². The fourth-order valence-corrected chi connectivity index (χ4v) is 6.10. The third kappa shape index (κ3) is 7.18. The number of halogens is 4. The number of hydrogen-bond acceptors (Lipinski definition) is 5. The molecule has 1 unspecified atom stereocenters. The zero-order chi connectivity index (χ0) is 31.4. The Kier molecular flexibility index (Phi) is 9.79. The molecule has 3 aromatic carbocycles. The van der Waals surface area contributed by atoms with Gasteiger partial charge in [0.1, 0.15) is 29.1 Å². The number of anilines is 1. The van der Waals surface area contributed by atoms with Crippen LogP contribution in [0.25, 0.3) is 0 Å². The highest BCUT2D eigenvalue weighted by Gasteiger charge is 2.41. The van der Waals surface area contributed by atoms with Crippen LogP contribution in [-0.4, -0.2) is 73.1 Å². The maximum absolute atomic E-state index is 15.2. The van der Waals surface area contributed by atoms with Gasteiger partial charge in [0.2, 0.25) is 5.91 Å². The summed E-state index contributed by atoms with van der Waals surface area (Å²) in [5.74, 6) is -4.30. The van der Waals surface area contributed by atoms with Crippen molar-refractivity contribution in [3.05, 3.63) is 99.8 Å². The first-order valence-corrected chi connectivity index (χ1v) is 14.6. The molecule has 3 N–H and O–H groups in total. The minimum atomic E-state index is -1.51. The van der Waals surface area contributed by atoms with E-state index in [1.165, 1.54) is 37.4 Å². The van der Waals surface area contributed by atoms with Crippen molar-refractivity contribution >= 4 is 29.3 Å². The van der Waals surface area contributed by atoms with Crippen LogP contribution in [0.2, 0.25) is 5.02 Å². The van der Waals surface area contributed by atoms with Gasteiger partial charge in [0.05, 0.1) is 12.7 Å². The van der Waals surface area contributed by atoms with Gasteiger partial charge in [-0.3, -0.25) is 9.69 Å². The number of nitrogens with zero attached hydrogens (tertiary/aromatic N) is 1. The molecule has 4 atom stereocenters. The average Bonchev–Trinajstić information content (AvgIpc) is 3.42. The van der Waals surface area contributed by atoms with Crippen molar-refractivity contribution in [3.63, 3.8) is 0 Å². The summed E-state index contributed by atoms with van der Waals surface area (Å²) < 4.78 is 55.9. The lowest BCUT2D eigenvalue weighted by molar-refractivity contribution is -0.120. The first-order valence-electron chi connectivity index (χ1n) is 14.3. The lowest BCUT2D eigenvalue weighted by atomic mass is 9.83. The summed E-state index contributed by atoms with van der Waals surface area (Å²) in [4.78, 5) is 27.0. The highest BCUT2D eigenvalue weighted by Crippen LogP contribution is 2.34. The number of hydrogen-bond donors (Lipinski definition) is 3. The lowest BCUT2D eigenvalue weighted by Crippen LogP contribution is -2.54. The van der Waals surface area contributed by atoms with E-state index >= 15 is 4.39 Å². The Morgan fingerprint density at radius 2 is 1.84 bits per heavy atom. The number of benzene rings is 3. The summed E-state index contributed by atoms with van der Waals surface area (Å²) in [7, 11) is 1.19. The molecule has 3 aromatic rings. The molecule has 2 aliphatic rings. The van der Waals surface area contributed by atoms with Crippen LogP contribution in [0, 0.1) is 17.5 Å². The SMILES string of the molecule is CN(C(=O)O)[C@H](C(=O)Nc1cccc(F)c1CC[C@@H]1CNCC2(CCOC2)O1)[C@@H](c1ccc(Cl)cc1)c1cc(F)cc(F)c1. The summed E-state index contributed by atoms with van der Waals surface area (Å²) in [6.07, 6.45) is -0.225. The normalized spacial score (nSPS) is 21.2. The zero-order valence-electron chi connectivity index (χ0n) is 24.0. The van der Waals surface area contributed by atoms with Gasteiger partial charge in [-0.1, -0.05) is 29.8 Å². The second kappa shape index (κ2) is 13.6. The van der Waals surface area contributed by atoms with Crippen molar-refractivity contribution in [1.82, 2.24) is 10.2 Å². The molecule has 0 saturated carbocycles. The van der Waals surface area contributed by atoms with Crippen LogP contribution in [0.3, 0.4) is 0 Å². The van der Waals surface area contributed by atoms with Crippen LogP contribution in [0.5, 0.6) is 0 Å². The summed E-state index contributed by atoms with van der Waals surface area (Å²) in [6, 6.07) is 11.7. The van der Waals surface area contributed by atoms with Gasteiger partial charge in [-0.25, -0.2) is 18.0 Å². The number of carbonyl (C=O) groups is 2. The highest BCUT2D eigenvalue weighted by atomic mass is 35.5. The van der Waals surface area contributed by atoms with Crippen molar-refractivity contribution in [3.8, 4) is 0 Å². The number of morpholine rings is 1. The first kappa shape index (κ1) is 31.8. The topological polar surface area (TPSA) is 100 Å². The van der Waals surface area contributed by atoms with Gasteiger partial charge in [-0.2, -0.15) is 0 Å². The number of rotatable bonds is 9. The van der Waals surface area contributed by atoms with Crippen LogP contribution >= 0.6 is 11.6 Å². The number of carbonyl (C=O) groups excluding carboxylic acids is 1. The maximum atomic E-state index is 15.2. The van der Waals surface area contributed by atoms with E-state index in [0.29, 0.717) is 49.4 Å². The molecule has 12 heteroatoms. The fourth-order valence-electron chi connectivity index (χ4n) is 5.97. The summed E-state index contributed by atoms with van der Waals surface area (Å²) in [6.45, 7) is 2.35. The Morgan fingerprint density at radius 1 is 1.11 bits per heavy atom. The van der Waals surface area contributed by atoms with E-state index in [0.717, 1.165) is 23.5 Å². The Labute approximate surface area is 258 Å². The van der Waals surface area contributed by atoms with Gasteiger partial charge in [-0.15, -0.1) is 0 Å². The van der Waals surface area contributed by atoms with Crippen molar-refractivity contribution in [2.75, 3.05) is 38.7 Å². The molecule has 0 bridgehead atoms. The van der Waals surface area contributed by atoms with Gasteiger partial charge < -0.3 is 25.2 Å². The zero-order valence-corrected chi connectivity index (χ0v) is 24.8. The van der Waals surface area contributed by atoms with Crippen LogP contribution in [-0.2, 0) is 20.7 Å².